The van der Waals surface area contributed by atoms with Gasteiger partial charge in [-0.2, -0.15) is 0 Å². The largest absolute Gasteiger partial charge is 0.353 e. The molecule has 4 nitrogen and oxygen atoms in total. The van der Waals surface area contributed by atoms with E-state index >= 15 is 0 Å². The van der Waals surface area contributed by atoms with Crippen LogP contribution in [0.25, 0.3) is 0 Å². The van der Waals surface area contributed by atoms with E-state index in [1.54, 1.807) is 4.90 Å². The molecule has 2 atom stereocenters. The first-order valence-electron chi connectivity index (χ1n) is 7.32. The van der Waals surface area contributed by atoms with Gasteiger partial charge in [0.1, 0.15) is 5.92 Å². The van der Waals surface area contributed by atoms with Gasteiger partial charge in [0, 0.05) is 22.7 Å². The number of hydrogen-bond donors (Lipinski definition) is 1. The number of carbonyl (C=O) groups is 2. The molecule has 0 spiro atoms. The molecule has 1 fully saturated rings. The summed E-state index contributed by atoms with van der Waals surface area (Å²) in [6.45, 7) is 6.53. The molecule has 1 heterocycles. The summed E-state index contributed by atoms with van der Waals surface area (Å²) in [6.07, 6.45) is 1.44. The maximum atomic E-state index is 12.5. The van der Waals surface area contributed by atoms with Gasteiger partial charge in [0.2, 0.25) is 11.8 Å². The van der Waals surface area contributed by atoms with E-state index in [9.17, 15) is 9.59 Å². The summed E-state index contributed by atoms with van der Waals surface area (Å²) >= 11 is 3.42. The second kappa shape index (κ2) is 6.60. The van der Waals surface area contributed by atoms with Gasteiger partial charge in [-0.3, -0.25) is 9.59 Å². The van der Waals surface area contributed by atoms with E-state index in [-0.39, 0.29) is 17.9 Å². The van der Waals surface area contributed by atoms with Crippen LogP contribution in [0, 0.1) is 12.8 Å². The van der Waals surface area contributed by atoms with Gasteiger partial charge in [-0.05, 0) is 50.5 Å². The Hall–Kier alpha value is -1.36. The molecule has 0 saturated carbocycles. The summed E-state index contributed by atoms with van der Waals surface area (Å²) < 4.78 is 0.987. The maximum absolute atomic E-state index is 12.5. The molecule has 0 radical (unpaired) electrons. The number of carbonyl (C=O) groups excluding carboxylic acids is 2. The van der Waals surface area contributed by atoms with E-state index in [1.165, 1.54) is 0 Å². The zero-order valence-corrected chi connectivity index (χ0v) is 14.2. The Bertz CT molecular complexity index is 559. The minimum absolute atomic E-state index is 0.0961. The summed E-state index contributed by atoms with van der Waals surface area (Å²) in [6, 6.07) is 5.93. The number of amides is 2. The van der Waals surface area contributed by atoms with Crippen LogP contribution in [-0.4, -0.2) is 24.4 Å². The number of halogens is 1. The van der Waals surface area contributed by atoms with Crippen molar-refractivity contribution in [3.05, 3.63) is 28.2 Å². The lowest BCUT2D eigenvalue weighted by atomic mass is 10.1. The summed E-state index contributed by atoms with van der Waals surface area (Å²) in [5, 5.41) is 2.90. The molecule has 0 bridgehead atoms. The number of rotatable bonds is 4. The number of benzene rings is 1. The van der Waals surface area contributed by atoms with Crippen molar-refractivity contribution in [1.82, 2.24) is 5.32 Å². The molecule has 0 aromatic heterocycles. The fraction of sp³-hybridized carbons (Fsp3) is 0.500. The van der Waals surface area contributed by atoms with Gasteiger partial charge in [0.25, 0.3) is 0 Å². The smallest absolute Gasteiger partial charge is 0.239 e. The van der Waals surface area contributed by atoms with Crippen molar-refractivity contribution in [2.75, 3.05) is 11.4 Å². The van der Waals surface area contributed by atoms with Crippen LogP contribution < -0.4 is 10.2 Å². The number of hydrogen-bond acceptors (Lipinski definition) is 2. The van der Waals surface area contributed by atoms with Crippen LogP contribution in [0.2, 0.25) is 0 Å². The topological polar surface area (TPSA) is 49.4 Å². The van der Waals surface area contributed by atoms with Gasteiger partial charge in [-0.25, -0.2) is 0 Å². The van der Waals surface area contributed by atoms with E-state index < -0.39 is 5.92 Å². The third kappa shape index (κ3) is 3.46. The average Bonchev–Trinajstić information content (AvgIpc) is 2.80. The third-order valence-corrected chi connectivity index (χ3v) is 4.47. The van der Waals surface area contributed by atoms with E-state index in [0.29, 0.717) is 13.0 Å². The lowest BCUT2D eigenvalue weighted by Gasteiger charge is -2.20. The molecule has 1 N–H and O–H groups in total. The highest BCUT2D eigenvalue weighted by Crippen LogP contribution is 2.30. The molecular weight excluding hydrogens is 332 g/mol. The molecule has 1 saturated heterocycles. The molecule has 1 aromatic carbocycles. The summed E-state index contributed by atoms with van der Waals surface area (Å²) in [4.78, 5) is 26.4. The Kier molecular flexibility index (Phi) is 5.04. The van der Waals surface area contributed by atoms with Gasteiger partial charge < -0.3 is 10.2 Å². The Balaban J connectivity index is 2.13. The molecule has 5 heteroatoms. The monoisotopic (exact) mass is 352 g/mol. The number of nitrogens with zero attached hydrogens (tertiary/aromatic N) is 1. The number of nitrogens with one attached hydrogen (secondary N) is 1. The first-order chi connectivity index (χ1) is 9.93. The van der Waals surface area contributed by atoms with E-state index in [2.05, 4.69) is 21.2 Å². The zero-order valence-electron chi connectivity index (χ0n) is 12.6. The molecule has 2 unspecified atom stereocenters. The molecule has 1 aromatic rings. The normalized spacial score (nSPS) is 19.7. The molecule has 2 amide bonds. The lowest BCUT2D eigenvalue weighted by molar-refractivity contribution is -0.132. The van der Waals surface area contributed by atoms with Gasteiger partial charge in [0.05, 0.1) is 0 Å². The van der Waals surface area contributed by atoms with Crippen molar-refractivity contribution in [2.45, 2.75) is 39.7 Å². The van der Waals surface area contributed by atoms with Crippen molar-refractivity contribution in [3.8, 4) is 0 Å². The number of anilines is 1. The predicted molar refractivity (Wildman–Crippen MR) is 87.2 cm³/mol. The minimum Gasteiger partial charge on any atom is -0.353 e. The Morgan fingerprint density at radius 1 is 1.52 bits per heavy atom. The molecule has 21 heavy (non-hydrogen) atoms. The van der Waals surface area contributed by atoms with Gasteiger partial charge >= 0.3 is 0 Å². The highest BCUT2D eigenvalue weighted by atomic mass is 79.9. The molecule has 0 aliphatic carbocycles. The highest BCUT2D eigenvalue weighted by Gasteiger charge is 2.38. The summed E-state index contributed by atoms with van der Waals surface area (Å²) in [5.74, 6) is -0.796. The molecule has 114 valence electrons. The highest BCUT2D eigenvalue weighted by molar-refractivity contribution is 9.10. The quantitative estimate of drug-likeness (QED) is 0.846. The maximum Gasteiger partial charge on any atom is 0.239 e. The first-order valence-corrected chi connectivity index (χ1v) is 8.11. The van der Waals surface area contributed by atoms with E-state index in [0.717, 1.165) is 22.1 Å². The van der Waals surface area contributed by atoms with Crippen molar-refractivity contribution in [1.29, 1.82) is 0 Å². The van der Waals surface area contributed by atoms with Gasteiger partial charge in [-0.1, -0.05) is 22.9 Å². The van der Waals surface area contributed by atoms with Crippen LogP contribution in [0.15, 0.2) is 22.7 Å². The predicted octanol–water partition coefficient (Wildman–Crippen LogP) is 3.03. The first kappa shape index (κ1) is 16.0. The number of aryl methyl sites for hydroxylation is 1. The standard InChI is InChI=1S/C16H21BrN2O2/c1-4-11(3)18-15(20)13-7-8-19(16(13)21)14-6-5-12(17)9-10(14)2/h5-6,9,11,13H,4,7-8H2,1-3H3,(H,18,20). The van der Waals surface area contributed by atoms with Crippen molar-refractivity contribution < 1.29 is 9.59 Å². The molecule has 1 aliphatic heterocycles. The fourth-order valence-corrected chi connectivity index (χ4v) is 3.01. The molecular formula is C16H21BrN2O2. The summed E-state index contributed by atoms with van der Waals surface area (Å²) in [7, 11) is 0. The Labute approximate surface area is 134 Å². The fourth-order valence-electron chi connectivity index (χ4n) is 2.53. The zero-order chi connectivity index (χ0) is 15.6. The van der Waals surface area contributed by atoms with Gasteiger partial charge in [-0.15, -0.1) is 0 Å². The second-order valence-electron chi connectivity index (χ2n) is 5.58. The van der Waals surface area contributed by atoms with Gasteiger partial charge in [0.15, 0.2) is 0 Å². The third-order valence-electron chi connectivity index (χ3n) is 3.97. The summed E-state index contributed by atoms with van der Waals surface area (Å²) in [5.41, 5.74) is 1.92. The Morgan fingerprint density at radius 3 is 2.86 bits per heavy atom. The van der Waals surface area contributed by atoms with Crippen molar-refractivity contribution in [3.63, 3.8) is 0 Å². The minimum atomic E-state index is -0.554. The van der Waals surface area contributed by atoms with E-state index in [4.69, 9.17) is 0 Å². The van der Waals surface area contributed by atoms with Crippen molar-refractivity contribution in [2.24, 2.45) is 5.92 Å². The Morgan fingerprint density at radius 2 is 2.24 bits per heavy atom. The van der Waals surface area contributed by atoms with E-state index in [1.807, 2.05) is 39.0 Å². The SMILES string of the molecule is CCC(C)NC(=O)C1CCN(c2ccc(Br)cc2C)C1=O. The van der Waals surface area contributed by atoms with Crippen LogP contribution in [0.4, 0.5) is 5.69 Å². The van der Waals surface area contributed by atoms with Crippen LogP contribution in [-0.2, 0) is 9.59 Å². The van der Waals surface area contributed by atoms with Crippen LogP contribution in [0.3, 0.4) is 0 Å². The van der Waals surface area contributed by atoms with Crippen molar-refractivity contribution >= 4 is 33.4 Å². The van der Waals surface area contributed by atoms with Crippen LogP contribution in [0.5, 0.6) is 0 Å². The van der Waals surface area contributed by atoms with Crippen LogP contribution in [0.1, 0.15) is 32.3 Å². The molecule has 1 aliphatic rings. The van der Waals surface area contributed by atoms with Crippen LogP contribution >= 0.6 is 15.9 Å². The average molecular weight is 353 g/mol. The molecule has 2 rings (SSSR count). The lowest BCUT2D eigenvalue weighted by Crippen LogP contribution is -2.40. The second-order valence-corrected chi connectivity index (χ2v) is 6.50.